The first-order valence-electron chi connectivity index (χ1n) is 6.47. The predicted molar refractivity (Wildman–Crippen MR) is 81.2 cm³/mol. The van der Waals surface area contributed by atoms with E-state index in [0.29, 0.717) is 0 Å². The van der Waals surface area contributed by atoms with Gasteiger partial charge in [0.1, 0.15) is 0 Å². The SMILES string of the molecule is CCCN1CCN(Cc2ccc(I)cc2)CC1. The van der Waals surface area contributed by atoms with Crippen LogP contribution in [0.25, 0.3) is 0 Å². The van der Waals surface area contributed by atoms with Crippen molar-refractivity contribution < 1.29 is 0 Å². The lowest BCUT2D eigenvalue weighted by atomic mass is 10.2. The Labute approximate surface area is 118 Å². The summed E-state index contributed by atoms with van der Waals surface area (Å²) in [6.45, 7) is 9.53. The topological polar surface area (TPSA) is 6.48 Å². The highest BCUT2D eigenvalue weighted by molar-refractivity contribution is 14.1. The smallest absolute Gasteiger partial charge is 0.0234 e. The van der Waals surface area contributed by atoms with Crippen LogP contribution in [0.1, 0.15) is 18.9 Å². The van der Waals surface area contributed by atoms with Crippen LogP contribution in [0.15, 0.2) is 24.3 Å². The average Bonchev–Trinajstić information content (AvgIpc) is 2.35. The van der Waals surface area contributed by atoms with Crippen molar-refractivity contribution in [1.29, 1.82) is 0 Å². The summed E-state index contributed by atoms with van der Waals surface area (Å²) in [4.78, 5) is 5.14. The van der Waals surface area contributed by atoms with E-state index in [4.69, 9.17) is 0 Å². The summed E-state index contributed by atoms with van der Waals surface area (Å²) in [7, 11) is 0. The molecule has 0 bridgehead atoms. The van der Waals surface area contributed by atoms with Crippen LogP contribution in [0.2, 0.25) is 0 Å². The van der Waals surface area contributed by atoms with Crippen molar-refractivity contribution in [1.82, 2.24) is 9.80 Å². The second-order valence-corrected chi connectivity index (χ2v) is 5.99. The molecule has 94 valence electrons. The van der Waals surface area contributed by atoms with Crippen molar-refractivity contribution in [3.8, 4) is 0 Å². The van der Waals surface area contributed by atoms with Gasteiger partial charge in [-0.15, -0.1) is 0 Å². The van der Waals surface area contributed by atoms with Gasteiger partial charge in [0.25, 0.3) is 0 Å². The Kier molecular flexibility index (Phi) is 5.25. The molecular formula is C14H21IN2. The van der Waals surface area contributed by atoms with Gasteiger partial charge < -0.3 is 4.90 Å². The molecule has 1 aromatic carbocycles. The molecule has 0 N–H and O–H groups in total. The van der Waals surface area contributed by atoms with Gasteiger partial charge in [-0.25, -0.2) is 0 Å². The van der Waals surface area contributed by atoms with Crippen LogP contribution in [0.5, 0.6) is 0 Å². The van der Waals surface area contributed by atoms with Crippen LogP contribution >= 0.6 is 22.6 Å². The van der Waals surface area contributed by atoms with E-state index in [0.717, 1.165) is 6.54 Å². The van der Waals surface area contributed by atoms with Crippen molar-refractivity contribution in [3.05, 3.63) is 33.4 Å². The fourth-order valence-electron chi connectivity index (χ4n) is 2.34. The number of rotatable bonds is 4. The minimum Gasteiger partial charge on any atom is -0.301 e. The lowest BCUT2D eigenvalue weighted by Gasteiger charge is -2.34. The standard InChI is InChI=1S/C14H21IN2/c1-2-7-16-8-10-17(11-9-16)12-13-3-5-14(15)6-4-13/h3-6H,2,7-12H2,1H3. The molecule has 0 amide bonds. The van der Waals surface area contributed by atoms with Crippen LogP contribution in [-0.4, -0.2) is 42.5 Å². The number of halogens is 1. The number of hydrogen-bond donors (Lipinski definition) is 0. The maximum absolute atomic E-state index is 2.57. The zero-order valence-electron chi connectivity index (χ0n) is 10.5. The maximum Gasteiger partial charge on any atom is 0.0234 e. The summed E-state index contributed by atoms with van der Waals surface area (Å²) in [5, 5.41) is 0. The van der Waals surface area contributed by atoms with Gasteiger partial charge in [0.05, 0.1) is 0 Å². The van der Waals surface area contributed by atoms with E-state index in [9.17, 15) is 0 Å². The van der Waals surface area contributed by atoms with Gasteiger partial charge in [-0.1, -0.05) is 19.1 Å². The fraction of sp³-hybridized carbons (Fsp3) is 0.571. The second kappa shape index (κ2) is 6.71. The molecule has 1 heterocycles. The molecule has 0 saturated carbocycles. The van der Waals surface area contributed by atoms with Gasteiger partial charge in [0.15, 0.2) is 0 Å². The molecule has 2 nitrogen and oxygen atoms in total. The molecule has 0 spiro atoms. The molecule has 0 atom stereocenters. The van der Waals surface area contributed by atoms with E-state index in [1.54, 1.807) is 0 Å². The van der Waals surface area contributed by atoms with Crippen LogP contribution in [0.3, 0.4) is 0 Å². The molecule has 1 saturated heterocycles. The van der Waals surface area contributed by atoms with E-state index >= 15 is 0 Å². The first kappa shape index (κ1) is 13.3. The van der Waals surface area contributed by atoms with E-state index in [1.807, 2.05) is 0 Å². The molecule has 17 heavy (non-hydrogen) atoms. The summed E-state index contributed by atoms with van der Waals surface area (Å²) < 4.78 is 1.32. The van der Waals surface area contributed by atoms with E-state index in [-0.39, 0.29) is 0 Å². The van der Waals surface area contributed by atoms with Crippen LogP contribution < -0.4 is 0 Å². The van der Waals surface area contributed by atoms with Crippen molar-refractivity contribution >= 4 is 22.6 Å². The maximum atomic E-state index is 2.57. The molecule has 1 aliphatic heterocycles. The molecule has 0 aliphatic carbocycles. The third-order valence-corrected chi connectivity index (χ3v) is 4.04. The Morgan fingerprint density at radius 3 is 2.18 bits per heavy atom. The number of nitrogens with zero attached hydrogens (tertiary/aromatic N) is 2. The van der Waals surface area contributed by atoms with Crippen LogP contribution in [-0.2, 0) is 6.54 Å². The highest BCUT2D eigenvalue weighted by atomic mass is 127. The van der Waals surface area contributed by atoms with E-state index in [1.165, 1.54) is 48.3 Å². The summed E-state index contributed by atoms with van der Waals surface area (Å²) in [6.07, 6.45) is 1.27. The fourth-order valence-corrected chi connectivity index (χ4v) is 2.69. The average molecular weight is 344 g/mol. The molecule has 0 aromatic heterocycles. The number of benzene rings is 1. The van der Waals surface area contributed by atoms with Gasteiger partial charge in [-0.2, -0.15) is 0 Å². The molecule has 0 radical (unpaired) electrons. The highest BCUT2D eigenvalue weighted by Crippen LogP contribution is 2.11. The monoisotopic (exact) mass is 344 g/mol. The van der Waals surface area contributed by atoms with Crippen molar-refractivity contribution in [2.75, 3.05) is 32.7 Å². The normalized spacial score (nSPS) is 18.5. The largest absolute Gasteiger partial charge is 0.301 e. The third kappa shape index (κ3) is 4.23. The minimum atomic E-state index is 1.11. The third-order valence-electron chi connectivity index (χ3n) is 3.32. The Hall–Kier alpha value is -0.130. The summed E-state index contributed by atoms with van der Waals surface area (Å²) >= 11 is 2.36. The van der Waals surface area contributed by atoms with Crippen molar-refractivity contribution in [2.45, 2.75) is 19.9 Å². The molecule has 1 fully saturated rings. The first-order valence-corrected chi connectivity index (χ1v) is 7.55. The van der Waals surface area contributed by atoms with Gasteiger partial charge in [0, 0.05) is 36.3 Å². The number of hydrogen-bond acceptors (Lipinski definition) is 2. The lowest BCUT2D eigenvalue weighted by molar-refractivity contribution is 0.127. The molecule has 1 aromatic rings. The Balaban J connectivity index is 1.79. The molecular weight excluding hydrogens is 323 g/mol. The summed E-state index contributed by atoms with van der Waals surface area (Å²) in [5.74, 6) is 0. The van der Waals surface area contributed by atoms with Gasteiger partial charge in [-0.3, -0.25) is 4.90 Å². The van der Waals surface area contributed by atoms with E-state index in [2.05, 4.69) is 63.6 Å². The van der Waals surface area contributed by atoms with Crippen molar-refractivity contribution in [3.63, 3.8) is 0 Å². The minimum absolute atomic E-state index is 1.11. The second-order valence-electron chi connectivity index (χ2n) is 4.74. The Morgan fingerprint density at radius 2 is 1.59 bits per heavy atom. The van der Waals surface area contributed by atoms with Crippen LogP contribution in [0.4, 0.5) is 0 Å². The van der Waals surface area contributed by atoms with E-state index < -0.39 is 0 Å². The first-order chi connectivity index (χ1) is 8.28. The summed E-state index contributed by atoms with van der Waals surface area (Å²) in [5.41, 5.74) is 1.44. The lowest BCUT2D eigenvalue weighted by Crippen LogP contribution is -2.45. The van der Waals surface area contributed by atoms with Gasteiger partial charge in [0.2, 0.25) is 0 Å². The molecule has 1 aliphatic rings. The molecule has 0 unspecified atom stereocenters. The zero-order valence-corrected chi connectivity index (χ0v) is 12.7. The molecule has 3 heteroatoms. The van der Waals surface area contributed by atoms with Crippen molar-refractivity contribution in [2.24, 2.45) is 0 Å². The van der Waals surface area contributed by atoms with Gasteiger partial charge in [-0.05, 0) is 53.3 Å². The summed E-state index contributed by atoms with van der Waals surface area (Å²) in [6, 6.07) is 8.90. The Morgan fingerprint density at radius 1 is 1.00 bits per heavy atom. The quantitative estimate of drug-likeness (QED) is 0.775. The highest BCUT2D eigenvalue weighted by Gasteiger charge is 2.15. The van der Waals surface area contributed by atoms with Crippen LogP contribution in [0, 0.1) is 3.57 Å². The predicted octanol–water partition coefficient (Wildman–Crippen LogP) is 2.82. The molecule has 2 rings (SSSR count). The zero-order chi connectivity index (χ0) is 12.1. The van der Waals surface area contributed by atoms with Gasteiger partial charge >= 0.3 is 0 Å². The Bertz CT molecular complexity index is 329. The number of piperazine rings is 1.